The Labute approximate surface area is 262 Å². The first kappa shape index (κ1) is 30.1. The van der Waals surface area contributed by atoms with Crippen molar-refractivity contribution in [2.75, 3.05) is 6.61 Å². The van der Waals surface area contributed by atoms with Crippen molar-refractivity contribution < 1.29 is 23.8 Å². The van der Waals surface area contributed by atoms with Crippen LogP contribution in [0.4, 0.5) is 4.39 Å². The lowest BCUT2D eigenvalue weighted by Gasteiger charge is -2.40. The van der Waals surface area contributed by atoms with Gasteiger partial charge in [-0.2, -0.15) is 0 Å². The highest BCUT2D eigenvalue weighted by Crippen LogP contribution is 2.52. The third kappa shape index (κ3) is 4.84. The number of nitrogens with two attached hydrogens (primary N) is 1. The van der Waals surface area contributed by atoms with E-state index in [9.17, 15) is 14.7 Å². The molecule has 2 aromatic heterocycles. The van der Waals surface area contributed by atoms with E-state index >= 15 is 4.39 Å². The first-order valence-electron chi connectivity index (χ1n) is 14.0. The highest BCUT2D eigenvalue weighted by molar-refractivity contribution is 6.30. The summed E-state index contributed by atoms with van der Waals surface area (Å²) in [6, 6.07) is 9.14. The summed E-state index contributed by atoms with van der Waals surface area (Å²) < 4.78 is 25.0. The van der Waals surface area contributed by atoms with E-state index in [0.717, 1.165) is 0 Å². The van der Waals surface area contributed by atoms with Crippen LogP contribution in [0.2, 0.25) is 10.0 Å². The fourth-order valence-corrected chi connectivity index (χ4v) is 5.97. The van der Waals surface area contributed by atoms with Gasteiger partial charge < -0.3 is 20.1 Å². The van der Waals surface area contributed by atoms with Gasteiger partial charge in [-0.25, -0.2) is 19.3 Å². The number of fused-ring (bicyclic) bond motifs is 1. The number of carbonyl (C=O) groups excluding carboxylic acids is 2. The fourth-order valence-electron chi connectivity index (χ4n) is 5.75. The lowest BCUT2D eigenvalue weighted by molar-refractivity contribution is -0.142. The number of hydrogen-bond donors (Lipinski definition) is 2. The van der Waals surface area contributed by atoms with Gasteiger partial charge in [0.2, 0.25) is 5.91 Å². The topological polar surface area (TPSA) is 136 Å². The Bertz CT molecular complexity index is 1760. The first-order chi connectivity index (χ1) is 20.9. The van der Waals surface area contributed by atoms with Gasteiger partial charge in [0.1, 0.15) is 17.2 Å². The van der Waals surface area contributed by atoms with Gasteiger partial charge in [-0.1, -0.05) is 42.3 Å². The van der Waals surface area contributed by atoms with Gasteiger partial charge in [-0.05, 0) is 49.1 Å². The molecule has 2 atom stereocenters. The molecule has 228 valence electrons. The third-order valence-electron chi connectivity index (χ3n) is 8.55. The number of aryl methyl sites for hydroxylation is 1. The zero-order valence-corrected chi connectivity index (χ0v) is 25.4. The van der Waals surface area contributed by atoms with Crippen LogP contribution in [0, 0.1) is 11.2 Å². The van der Waals surface area contributed by atoms with Gasteiger partial charge in [0.25, 0.3) is 5.91 Å². The van der Waals surface area contributed by atoms with Gasteiger partial charge >= 0.3 is 0 Å². The van der Waals surface area contributed by atoms with Crippen LogP contribution in [0.25, 0.3) is 0 Å². The van der Waals surface area contributed by atoms with Crippen LogP contribution < -0.4 is 5.73 Å². The molecule has 0 spiro atoms. The first-order valence-corrected chi connectivity index (χ1v) is 14.7. The molecule has 2 amide bonds. The number of ether oxygens (including phenoxy) is 1. The molecule has 2 aliphatic rings. The highest BCUT2D eigenvalue weighted by Gasteiger charge is 2.58. The van der Waals surface area contributed by atoms with Crippen molar-refractivity contribution in [2.24, 2.45) is 18.2 Å². The molecule has 3 N–H and O–H groups in total. The number of imidazole rings is 1. The van der Waals surface area contributed by atoms with E-state index in [1.165, 1.54) is 35.8 Å². The van der Waals surface area contributed by atoms with Crippen LogP contribution in [0.1, 0.15) is 64.8 Å². The molecule has 2 aromatic carbocycles. The van der Waals surface area contributed by atoms with Crippen LogP contribution in [-0.2, 0) is 34.4 Å². The predicted molar refractivity (Wildman–Crippen MR) is 159 cm³/mol. The summed E-state index contributed by atoms with van der Waals surface area (Å²) in [5.74, 6) is -1.72. The number of aromatic nitrogens is 4. The van der Waals surface area contributed by atoms with Gasteiger partial charge in [0, 0.05) is 36.2 Å². The second-order valence-corrected chi connectivity index (χ2v) is 12.2. The van der Waals surface area contributed by atoms with Crippen molar-refractivity contribution in [1.29, 1.82) is 0 Å². The number of benzene rings is 2. The largest absolute Gasteiger partial charge is 0.379 e. The van der Waals surface area contributed by atoms with Gasteiger partial charge in [0.05, 0.1) is 46.7 Å². The average Bonchev–Trinajstić information content (AvgIpc) is 3.62. The summed E-state index contributed by atoms with van der Waals surface area (Å²) in [6.45, 7) is 1.36. The predicted octanol–water partition coefficient (Wildman–Crippen LogP) is 4.44. The van der Waals surface area contributed by atoms with Crippen molar-refractivity contribution in [3.05, 3.63) is 111 Å². The minimum atomic E-state index is -1.87. The molecule has 0 radical (unpaired) electrons. The number of aliphatic hydroxyl groups is 1. The van der Waals surface area contributed by atoms with E-state index in [2.05, 4.69) is 15.0 Å². The Morgan fingerprint density at radius 1 is 1.14 bits per heavy atom. The molecule has 0 bridgehead atoms. The normalized spacial score (nSPS) is 20.0. The maximum Gasteiger partial charge on any atom is 0.257 e. The molecule has 1 aliphatic heterocycles. The van der Waals surface area contributed by atoms with Crippen molar-refractivity contribution >= 4 is 35.0 Å². The second kappa shape index (κ2) is 10.9. The Morgan fingerprint density at radius 2 is 1.82 bits per heavy atom. The van der Waals surface area contributed by atoms with E-state index in [0.29, 0.717) is 34.1 Å². The Hall–Kier alpha value is -3.90. The van der Waals surface area contributed by atoms with Gasteiger partial charge in [0.15, 0.2) is 5.72 Å². The maximum absolute atomic E-state index is 16.8. The third-order valence-corrected chi connectivity index (χ3v) is 8.99. The molecule has 0 saturated heterocycles. The standard InChI is InChI=1S/C31H29Cl2FN6O4/c1-3-30(43,24-14-39(2)17-38-24)19-10-22-26(23(34)11-19)31(18-4-6-20(32)7-5-18,44-16-29(8-9-29)28(35)42)40(27(22)41)15-25-36-12-21(33)13-37-25/h4-7,10-14,17,43H,3,8-9,15-16H2,1-2H3,(H2,35,42)/t30?,31-/m1/s1. The SMILES string of the molecule is CCC(O)(c1cc(F)c2c(c1)C(=O)N(Cc1ncc(Cl)cn1)[C@@]2(OCC1(C(N)=O)CC1)c1ccc(Cl)cc1)c1cn(C)cn1. The zero-order chi connectivity index (χ0) is 31.4. The Balaban J connectivity index is 1.58. The molecule has 10 nitrogen and oxygen atoms in total. The smallest absolute Gasteiger partial charge is 0.257 e. The molecule has 13 heteroatoms. The number of nitrogens with zero attached hydrogens (tertiary/aromatic N) is 5. The Morgan fingerprint density at radius 3 is 2.39 bits per heavy atom. The minimum absolute atomic E-state index is 0.0318. The van der Waals surface area contributed by atoms with Crippen LogP contribution in [0.15, 0.2) is 61.3 Å². The monoisotopic (exact) mass is 638 g/mol. The number of carbonyl (C=O) groups is 2. The van der Waals surface area contributed by atoms with E-state index in [-0.39, 0.29) is 42.1 Å². The molecular weight excluding hydrogens is 610 g/mol. The average molecular weight is 640 g/mol. The summed E-state index contributed by atoms with van der Waals surface area (Å²) in [5.41, 5.74) is 1.92. The summed E-state index contributed by atoms with van der Waals surface area (Å²) in [6.07, 6.45) is 7.09. The van der Waals surface area contributed by atoms with E-state index < -0.39 is 34.4 Å². The number of amides is 2. The van der Waals surface area contributed by atoms with E-state index in [4.69, 9.17) is 33.7 Å². The van der Waals surface area contributed by atoms with Gasteiger partial charge in [-0.15, -0.1) is 0 Å². The van der Waals surface area contributed by atoms with E-state index in [1.807, 2.05) is 0 Å². The maximum atomic E-state index is 16.8. The lowest BCUT2D eigenvalue weighted by Crippen LogP contribution is -2.48. The summed E-state index contributed by atoms with van der Waals surface area (Å²) >= 11 is 12.2. The molecule has 1 unspecified atom stereocenters. The molecule has 1 saturated carbocycles. The molecule has 6 rings (SSSR count). The van der Waals surface area contributed by atoms with Crippen LogP contribution in [0.3, 0.4) is 0 Å². The summed E-state index contributed by atoms with van der Waals surface area (Å²) in [4.78, 5) is 41.0. The zero-order valence-electron chi connectivity index (χ0n) is 23.9. The van der Waals surface area contributed by atoms with Crippen molar-refractivity contribution in [2.45, 2.75) is 44.1 Å². The van der Waals surface area contributed by atoms with E-state index in [1.54, 1.807) is 49.0 Å². The van der Waals surface area contributed by atoms with Crippen LogP contribution >= 0.6 is 23.2 Å². The molecule has 4 aromatic rings. The van der Waals surface area contributed by atoms with Crippen molar-refractivity contribution in [3.8, 4) is 0 Å². The summed E-state index contributed by atoms with van der Waals surface area (Å²) in [5, 5.41) is 12.5. The fraction of sp³-hybridized carbons (Fsp3) is 0.323. The second-order valence-electron chi connectivity index (χ2n) is 11.3. The quantitative estimate of drug-likeness (QED) is 0.262. The lowest BCUT2D eigenvalue weighted by atomic mass is 9.84. The van der Waals surface area contributed by atoms with Crippen molar-refractivity contribution in [1.82, 2.24) is 24.4 Å². The molecule has 3 heterocycles. The number of primary amides is 1. The number of halogens is 3. The highest BCUT2D eigenvalue weighted by atomic mass is 35.5. The Kier molecular flexibility index (Phi) is 7.48. The minimum Gasteiger partial charge on any atom is -0.379 e. The molecule has 1 fully saturated rings. The molecule has 1 aliphatic carbocycles. The molecular formula is C31H29Cl2FN6O4. The van der Waals surface area contributed by atoms with Gasteiger partial charge in [-0.3, -0.25) is 14.5 Å². The molecule has 44 heavy (non-hydrogen) atoms. The van der Waals surface area contributed by atoms with Crippen molar-refractivity contribution in [3.63, 3.8) is 0 Å². The number of hydrogen-bond acceptors (Lipinski definition) is 7. The number of rotatable bonds is 10. The summed E-state index contributed by atoms with van der Waals surface area (Å²) in [7, 11) is 1.76. The van der Waals surface area contributed by atoms with Crippen LogP contribution in [-0.4, -0.2) is 47.9 Å². The van der Waals surface area contributed by atoms with Crippen LogP contribution in [0.5, 0.6) is 0 Å².